The minimum Gasteiger partial charge on any atom is -0.370 e. The highest BCUT2D eigenvalue weighted by atomic mass is 16.1. The Balaban J connectivity index is 2.88. The maximum atomic E-state index is 10.7. The van der Waals surface area contributed by atoms with Gasteiger partial charge in [-0.2, -0.15) is 0 Å². The summed E-state index contributed by atoms with van der Waals surface area (Å²) in [5.41, 5.74) is 19.5. The fourth-order valence-corrected chi connectivity index (χ4v) is 2.89. The maximum absolute atomic E-state index is 10.7. The van der Waals surface area contributed by atoms with E-state index in [1.54, 1.807) is 0 Å². The molecule has 0 bridgehead atoms. The molecule has 0 spiro atoms. The monoisotopic (exact) mass is 276 g/mol. The van der Waals surface area contributed by atoms with Gasteiger partial charge in [-0.15, -0.1) is 0 Å². The molecule has 0 heterocycles. The quantitative estimate of drug-likeness (QED) is 0.783. The molecule has 1 aromatic rings. The molecule has 0 saturated carbocycles. The molecule has 4 N–H and O–H groups in total. The molecule has 3 heteroatoms. The second kappa shape index (κ2) is 6.89. The number of primary amides is 1. The van der Waals surface area contributed by atoms with Gasteiger partial charge in [0.05, 0.1) is 0 Å². The van der Waals surface area contributed by atoms with E-state index in [1.807, 2.05) is 0 Å². The van der Waals surface area contributed by atoms with Crippen molar-refractivity contribution in [2.24, 2.45) is 11.5 Å². The van der Waals surface area contributed by atoms with Crippen molar-refractivity contribution in [2.45, 2.75) is 66.3 Å². The number of amides is 1. The lowest BCUT2D eigenvalue weighted by molar-refractivity contribution is -0.118. The minimum atomic E-state index is -0.229. The van der Waals surface area contributed by atoms with Crippen LogP contribution < -0.4 is 11.5 Å². The van der Waals surface area contributed by atoms with Gasteiger partial charge in [-0.3, -0.25) is 4.79 Å². The smallest absolute Gasteiger partial charge is 0.217 e. The van der Waals surface area contributed by atoms with Crippen molar-refractivity contribution in [2.75, 3.05) is 0 Å². The second-order valence-corrected chi connectivity index (χ2v) is 5.86. The van der Waals surface area contributed by atoms with Gasteiger partial charge in [0, 0.05) is 12.5 Å². The highest BCUT2D eigenvalue weighted by Crippen LogP contribution is 2.31. The van der Waals surface area contributed by atoms with Gasteiger partial charge < -0.3 is 11.5 Å². The SMILES string of the molecule is Cc1c(C)c(C)c(C(N)CCCCC(N)=O)c(C)c1C. The first-order valence-electron chi connectivity index (χ1n) is 7.38. The highest BCUT2D eigenvalue weighted by molar-refractivity contribution is 5.73. The van der Waals surface area contributed by atoms with E-state index < -0.39 is 0 Å². The number of nitrogens with two attached hydrogens (primary N) is 2. The summed E-state index contributed by atoms with van der Waals surface area (Å²) in [7, 11) is 0. The second-order valence-electron chi connectivity index (χ2n) is 5.86. The summed E-state index contributed by atoms with van der Waals surface area (Å²) in [6, 6.07) is 0.0425. The standard InChI is InChI=1S/C17H28N2O/c1-10-11(2)13(4)17(14(5)12(10)3)15(18)8-6-7-9-16(19)20/h15H,6-9,18H2,1-5H3,(H2,19,20). The summed E-state index contributed by atoms with van der Waals surface area (Å²) in [6.45, 7) is 10.8. The zero-order chi connectivity index (χ0) is 15.4. The number of rotatable bonds is 6. The van der Waals surface area contributed by atoms with Crippen molar-refractivity contribution in [1.82, 2.24) is 0 Å². The Labute approximate surface area is 122 Å². The Morgan fingerprint density at radius 2 is 1.35 bits per heavy atom. The minimum absolute atomic E-state index is 0.0425. The normalized spacial score (nSPS) is 12.5. The van der Waals surface area contributed by atoms with E-state index in [4.69, 9.17) is 11.5 Å². The molecule has 1 rings (SSSR count). The summed E-state index contributed by atoms with van der Waals surface area (Å²) in [4.78, 5) is 10.7. The van der Waals surface area contributed by atoms with Crippen LogP contribution in [0.1, 0.15) is 65.1 Å². The van der Waals surface area contributed by atoms with Crippen molar-refractivity contribution < 1.29 is 4.79 Å². The van der Waals surface area contributed by atoms with Gasteiger partial charge in [0.1, 0.15) is 0 Å². The molecular weight excluding hydrogens is 248 g/mol. The van der Waals surface area contributed by atoms with Crippen LogP contribution in [0.15, 0.2) is 0 Å². The van der Waals surface area contributed by atoms with Crippen LogP contribution in [0, 0.1) is 34.6 Å². The Hall–Kier alpha value is -1.35. The average molecular weight is 276 g/mol. The third-order valence-corrected chi connectivity index (χ3v) is 4.62. The third-order valence-electron chi connectivity index (χ3n) is 4.62. The van der Waals surface area contributed by atoms with Crippen molar-refractivity contribution in [3.63, 3.8) is 0 Å². The van der Waals surface area contributed by atoms with Gasteiger partial charge in [0.15, 0.2) is 0 Å². The lowest BCUT2D eigenvalue weighted by Gasteiger charge is -2.23. The Morgan fingerprint density at radius 3 is 1.80 bits per heavy atom. The summed E-state index contributed by atoms with van der Waals surface area (Å²) in [5.74, 6) is -0.229. The molecule has 0 aromatic heterocycles. The van der Waals surface area contributed by atoms with Crippen LogP contribution in [-0.2, 0) is 4.79 Å². The number of carbonyl (C=O) groups is 1. The molecule has 1 amide bonds. The first kappa shape index (κ1) is 16.7. The predicted octanol–water partition coefficient (Wildman–Crippen LogP) is 3.27. The summed E-state index contributed by atoms with van der Waals surface area (Å²) < 4.78 is 0. The van der Waals surface area contributed by atoms with Crippen LogP contribution in [-0.4, -0.2) is 5.91 Å². The fourth-order valence-electron chi connectivity index (χ4n) is 2.89. The molecule has 20 heavy (non-hydrogen) atoms. The summed E-state index contributed by atoms with van der Waals surface area (Å²) in [5, 5.41) is 0. The van der Waals surface area contributed by atoms with Gasteiger partial charge in [-0.25, -0.2) is 0 Å². The number of unbranched alkanes of at least 4 members (excludes halogenated alkanes) is 1. The number of hydrogen-bond donors (Lipinski definition) is 2. The molecule has 1 atom stereocenters. The predicted molar refractivity (Wildman–Crippen MR) is 84.7 cm³/mol. The Morgan fingerprint density at radius 1 is 0.900 bits per heavy atom. The molecule has 1 unspecified atom stereocenters. The summed E-state index contributed by atoms with van der Waals surface area (Å²) >= 11 is 0. The van der Waals surface area contributed by atoms with Gasteiger partial charge >= 0.3 is 0 Å². The molecular formula is C17H28N2O. The van der Waals surface area contributed by atoms with E-state index in [1.165, 1.54) is 33.4 Å². The van der Waals surface area contributed by atoms with Crippen LogP contribution in [0.2, 0.25) is 0 Å². The van der Waals surface area contributed by atoms with Gasteiger partial charge in [-0.05, 0) is 80.8 Å². The van der Waals surface area contributed by atoms with Crippen molar-refractivity contribution in [3.05, 3.63) is 33.4 Å². The number of hydrogen-bond acceptors (Lipinski definition) is 2. The van der Waals surface area contributed by atoms with Crippen LogP contribution in [0.25, 0.3) is 0 Å². The molecule has 0 aliphatic carbocycles. The van der Waals surface area contributed by atoms with E-state index in [0.29, 0.717) is 6.42 Å². The van der Waals surface area contributed by atoms with Gasteiger partial charge in [0.2, 0.25) is 5.91 Å². The van der Waals surface area contributed by atoms with E-state index >= 15 is 0 Å². The largest absolute Gasteiger partial charge is 0.370 e. The number of carbonyl (C=O) groups excluding carboxylic acids is 1. The molecule has 112 valence electrons. The molecule has 0 fully saturated rings. The van der Waals surface area contributed by atoms with E-state index in [2.05, 4.69) is 34.6 Å². The zero-order valence-electron chi connectivity index (χ0n) is 13.5. The molecule has 0 aliphatic heterocycles. The highest BCUT2D eigenvalue weighted by Gasteiger charge is 2.17. The zero-order valence-corrected chi connectivity index (χ0v) is 13.5. The van der Waals surface area contributed by atoms with Crippen molar-refractivity contribution >= 4 is 5.91 Å². The first-order valence-corrected chi connectivity index (χ1v) is 7.38. The lowest BCUT2D eigenvalue weighted by Crippen LogP contribution is -2.16. The summed E-state index contributed by atoms with van der Waals surface area (Å²) in [6.07, 6.45) is 3.12. The maximum Gasteiger partial charge on any atom is 0.217 e. The molecule has 0 radical (unpaired) electrons. The van der Waals surface area contributed by atoms with E-state index in [0.717, 1.165) is 19.3 Å². The van der Waals surface area contributed by atoms with Crippen LogP contribution in [0.5, 0.6) is 0 Å². The van der Waals surface area contributed by atoms with Crippen LogP contribution in [0.3, 0.4) is 0 Å². The molecule has 3 nitrogen and oxygen atoms in total. The Bertz CT molecular complexity index is 477. The third kappa shape index (κ3) is 3.60. The molecule has 0 aliphatic rings. The van der Waals surface area contributed by atoms with E-state index in [-0.39, 0.29) is 11.9 Å². The number of benzene rings is 1. The first-order chi connectivity index (χ1) is 9.27. The van der Waals surface area contributed by atoms with Crippen molar-refractivity contribution in [3.8, 4) is 0 Å². The van der Waals surface area contributed by atoms with Gasteiger partial charge in [-0.1, -0.05) is 6.42 Å². The molecule has 1 aromatic carbocycles. The van der Waals surface area contributed by atoms with Crippen LogP contribution in [0.4, 0.5) is 0 Å². The average Bonchev–Trinajstić information content (AvgIpc) is 2.39. The lowest BCUT2D eigenvalue weighted by atomic mass is 9.85. The van der Waals surface area contributed by atoms with E-state index in [9.17, 15) is 4.79 Å². The fraction of sp³-hybridized carbons (Fsp3) is 0.588. The molecule has 0 saturated heterocycles. The van der Waals surface area contributed by atoms with Crippen molar-refractivity contribution in [1.29, 1.82) is 0 Å². The topological polar surface area (TPSA) is 69.1 Å². The van der Waals surface area contributed by atoms with Crippen LogP contribution >= 0.6 is 0 Å². The van der Waals surface area contributed by atoms with Gasteiger partial charge in [0.25, 0.3) is 0 Å². The Kier molecular flexibility index (Phi) is 5.75.